The van der Waals surface area contributed by atoms with Crippen molar-refractivity contribution >= 4 is 30.7 Å². The first-order valence-corrected chi connectivity index (χ1v) is 3.68. The third-order valence-electron chi connectivity index (χ3n) is 2.12. The summed E-state index contributed by atoms with van der Waals surface area (Å²) in [5, 5.41) is 0. The average molecular weight is 215 g/mol. The van der Waals surface area contributed by atoms with Crippen LogP contribution < -0.4 is 5.73 Å². The number of hydrogen-bond donors (Lipinski definition) is 1. The van der Waals surface area contributed by atoms with Crippen molar-refractivity contribution in [2.75, 3.05) is 20.1 Å². The molecule has 5 heteroatoms. The molecule has 0 bridgehead atoms. The molecule has 74 valence electrons. The topological polar surface area (TPSA) is 46.3 Å². The molecule has 0 spiro atoms. The number of nitrogens with zero attached hydrogens (tertiary/aromatic N) is 1. The summed E-state index contributed by atoms with van der Waals surface area (Å²) in [6.45, 7) is 2.02. The zero-order valence-electron chi connectivity index (χ0n) is 7.16. The molecule has 3 nitrogen and oxygen atoms in total. The van der Waals surface area contributed by atoms with E-state index in [0.29, 0.717) is 0 Å². The lowest BCUT2D eigenvalue weighted by Crippen LogP contribution is -2.36. The zero-order valence-corrected chi connectivity index (χ0v) is 8.79. The molecule has 1 amide bonds. The van der Waals surface area contributed by atoms with Crippen LogP contribution in [0.5, 0.6) is 0 Å². The van der Waals surface area contributed by atoms with E-state index in [2.05, 4.69) is 11.9 Å². The van der Waals surface area contributed by atoms with Gasteiger partial charge in [-0.25, -0.2) is 0 Å². The number of halogens is 2. The average Bonchev–Trinajstić information content (AvgIpc) is 1.88. The largest absolute Gasteiger partial charge is 0.369 e. The molecule has 1 rings (SSSR count). The van der Waals surface area contributed by atoms with Gasteiger partial charge in [-0.15, -0.1) is 24.8 Å². The quantitative estimate of drug-likeness (QED) is 0.698. The van der Waals surface area contributed by atoms with Gasteiger partial charge in [-0.1, -0.05) is 0 Å². The minimum atomic E-state index is -0.131. The van der Waals surface area contributed by atoms with Gasteiger partial charge in [0.05, 0.1) is 0 Å². The molecular formula is C7H16Cl2N2O. The standard InChI is InChI=1S/C7H14N2O.2ClH/c1-9-4-2-6(3-5-9)7(8)10;;/h6H,2-5H2,1H3,(H2,8,10);2*1H. The second kappa shape index (κ2) is 6.52. The van der Waals surface area contributed by atoms with Gasteiger partial charge in [-0.05, 0) is 33.0 Å². The van der Waals surface area contributed by atoms with Gasteiger partial charge in [-0.3, -0.25) is 4.79 Å². The summed E-state index contributed by atoms with van der Waals surface area (Å²) in [5.41, 5.74) is 5.16. The summed E-state index contributed by atoms with van der Waals surface area (Å²) in [4.78, 5) is 12.9. The van der Waals surface area contributed by atoms with Crippen LogP contribution in [0.1, 0.15) is 12.8 Å². The first kappa shape index (κ1) is 14.5. The minimum Gasteiger partial charge on any atom is -0.369 e. The Morgan fingerprint density at radius 1 is 1.33 bits per heavy atom. The maximum absolute atomic E-state index is 10.7. The fourth-order valence-electron chi connectivity index (χ4n) is 1.29. The van der Waals surface area contributed by atoms with Gasteiger partial charge in [0.1, 0.15) is 0 Å². The number of carbonyl (C=O) groups excluding carboxylic acids is 1. The Kier molecular flexibility index (Phi) is 7.89. The normalized spacial score (nSPS) is 19.1. The molecule has 1 heterocycles. The fourth-order valence-corrected chi connectivity index (χ4v) is 1.29. The van der Waals surface area contributed by atoms with Gasteiger partial charge < -0.3 is 10.6 Å². The Morgan fingerprint density at radius 2 is 1.75 bits per heavy atom. The molecular weight excluding hydrogens is 199 g/mol. The van der Waals surface area contributed by atoms with E-state index in [1.807, 2.05) is 0 Å². The van der Waals surface area contributed by atoms with Crippen LogP contribution in [-0.4, -0.2) is 30.9 Å². The predicted octanol–water partition coefficient (Wildman–Crippen LogP) is 0.657. The highest BCUT2D eigenvalue weighted by molar-refractivity contribution is 5.85. The van der Waals surface area contributed by atoms with Crippen molar-refractivity contribution in [3.8, 4) is 0 Å². The molecule has 1 fully saturated rings. The van der Waals surface area contributed by atoms with E-state index in [9.17, 15) is 4.79 Å². The highest BCUT2D eigenvalue weighted by atomic mass is 35.5. The van der Waals surface area contributed by atoms with Gasteiger partial charge >= 0.3 is 0 Å². The Balaban J connectivity index is 0. The molecule has 0 aromatic heterocycles. The molecule has 1 aliphatic heterocycles. The summed E-state index contributed by atoms with van der Waals surface area (Å²) < 4.78 is 0. The molecule has 0 aromatic carbocycles. The molecule has 1 aliphatic rings. The third kappa shape index (κ3) is 4.14. The van der Waals surface area contributed by atoms with Crippen LogP contribution in [0.15, 0.2) is 0 Å². The number of carbonyl (C=O) groups is 1. The number of nitrogens with two attached hydrogens (primary N) is 1. The van der Waals surface area contributed by atoms with E-state index in [1.165, 1.54) is 0 Å². The van der Waals surface area contributed by atoms with E-state index in [0.717, 1.165) is 25.9 Å². The number of rotatable bonds is 1. The fraction of sp³-hybridized carbons (Fsp3) is 0.857. The Labute approximate surface area is 85.5 Å². The molecule has 0 saturated carbocycles. The van der Waals surface area contributed by atoms with Crippen molar-refractivity contribution in [2.24, 2.45) is 11.7 Å². The molecule has 1 saturated heterocycles. The number of amides is 1. The molecule has 0 aliphatic carbocycles. The first-order valence-electron chi connectivity index (χ1n) is 3.68. The lowest BCUT2D eigenvalue weighted by molar-refractivity contribution is -0.123. The minimum absolute atomic E-state index is 0. The summed E-state index contributed by atoms with van der Waals surface area (Å²) in [7, 11) is 2.07. The molecule has 0 atom stereocenters. The van der Waals surface area contributed by atoms with Crippen LogP contribution >= 0.6 is 24.8 Å². The maximum Gasteiger partial charge on any atom is 0.220 e. The smallest absolute Gasteiger partial charge is 0.220 e. The Morgan fingerprint density at radius 3 is 2.08 bits per heavy atom. The van der Waals surface area contributed by atoms with Gasteiger partial charge in [0.2, 0.25) is 5.91 Å². The van der Waals surface area contributed by atoms with Crippen LogP contribution in [0.4, 0.5) is 0 Å². The van der Waals surface area contributed by atoms with Gasteiger partial charge in [0, 0.05) is 5.92 Å². The Bertz CT molecular complexity index is 135. The molecule has 0 aromatic rings. The summed E-state index contributed by atoms with van der Waals surface area (Å²) >= 11 is 0. The summed E-state index contributed by atoms with van der Waals surface area (Å²) in [5.74, 6) is 0.00398. The lowest BCUT2D eigenvalue weighted by atomic mass is 9.97. The van der Waals surface area contributed by atoms with Gasteiger partial charge in [0.25, 0.3) is 0 Å². The van der Waals surface area contributed by atoms with E-state index >= 15 is 0 Å². The number of likely N-dealkylation sites (tertiary alicyclic amines) is 1. The second-order valence-corrected chi connectivity index (χ2v) is 2.98. The van der Waals surface area contributed by atoms with Crippen molar-refractivity contribution in [2.45, 2.75) is 12.8 Å². The lowest BCUT2D eigenvalue weighted by Gasteiger charge is -2.26. The zero-order chi connectivity index (χ0) is 7.56. The van der Waals surface area contributed by atoms with E-state index in [1.54, 1.807) is 0 Å². The molecule has 12 heavy (non-hydrogen) atoms. The van der Waals surface area contributed by atoms with Crippen LogP contribution in [0.3, 0.4) is 0 Å². The van der Waals surface area contributed by atoms with Crippen molar-refractivity contribution < 1.29 is 4.79 Å². The maximum atomic E-state index is 10.7. The number of primary amides is 1. The van der Waals surface area contributed by atoms with Crippen LogP contribution in [0.2, 0.25) is 0 Å². The van der Waals surface area contributed by atoms with E-state index in [-0.39, 0.29) is 36.6 Å². The van der Waals surface area contributed by atoms with Crippen LogP contribution in [0.25, 0.3) is 0 Å². The van der Waals surface area contributed by atoms with E-state index < -0.39 is 0 Å². The van der Waals surface area contributed by atoms with Crippen LogP contribution in [-0.2, 0) is 4.79 Å². The van der Waals surface area contributed by atoms with Gasteiger partial charge in [0.15, 0.2) is 0 Å². The summed E-state index contributed by atoms with van der Waals surface area (Å²) in [6, 6.07) is 0. The van der Waals surface area contributed by atoms with Crippen molar-refractivity contribution in [3.63, 3.8) is 0 Å². The predicted molar refractivity (Wildman–Crippen MR) is 53.9 cm³/mol. The Hall–Kier alpha value is 0.01000. The number of hydrogen-bond acceptors (Lipinski definition) is 2. The molecule has 2 N–H and O–H groups in total. The van der Waals surface area contributed by atoms with E-state index in [4.69, 9.17) is 5.73 Å². The number of piperidine rings is 1. The third-order valence-corrected chi connectivity index (χ3v) is 2.12. The summed E-state index contributed by atoms with van der Waals surface area (Å²) in [6.07, 6.45) is 1.87. The second-order valence-electron chi connectivity index (χ2n) is 2.98. The van der Waals surface area contributed by atoms with Crippen molar-refractivity contribution in [1.29, 1.82) is 0 Å². The van der Waals surface area contributed by atoms with Gasteiger partial charge in [-0.2, -0.15) is 0 Å². The van der Waals surface area contributed by atoms with Crippen LogP contribution in [0, 0.1) is 5.92 Å². The molecule has 0 unspecified atom stereocenters. The first-order chi connectivity index (χ1) is 4.70. The SMILES string of the molecule is CN1CCC(C(N)=O)CC1.Cl.Cl. The highest BCUT2D eigenvalue weighted by Gasteiger charge is 2.20. The van der Waals surface area contributed by atoms with Crippen molar-refractivity contribution in [1.82, 2.24) is 4.90 Å². The molecule has 0 radical (unpaired) electrons. The monoisotopic (exact) mass is 214 g/mol. The van der Waals surface area contributed by atoms with Crippen molar-refractivity contribution in [3.05, 3.63) is 0 Å². The highest BCUT2D eigenvalue weighted by Crippen LogP contribution is 2.14.